The fraction of sp³-hybridized carbons (Fsp3) is 0.150. The van der Waals surface area contributed by atoms with E-state index in [1.807, 2.05) is 48.5 Å². The number of hydrogen-bond donors (Lipinski definition) is 1. The van der Waals surface area contributed by atoms with Crippen LogP contribution in [0.25, 0.3) is 11.1 Å². The maximum atomic E-state index is 12.6. The van der Waals surface area contributed by atoms with Crippen molar-refractivity contribution in [1.82, 2.24) is 4.98 Å². The zero-order valence-electron chi connectivity index (χ0n) is 15.0. The summed E-state index contributed by atoms with van der Waals surface area (Å²) in [5.74, 6) is -0.606. The van der Waals surface area contributed by atoms with Crippen LogP contribution in [0.1, 0.15) is 17.3 Å². The van der Waals surface area contributed by atoms with Gasteiger partial charge in [-0.25, -0.2) is 9.78 Å². The van der Waals surface area contributed by atoms with Crippen LogP contribution in [0.2, 0.25) is 4.34 Å². The van der Waals surface area contributed by atoms with Crippen LogP contribution in [-0.4, -0.2) is 29.2 Å². The number of carbonyl (C=O) groups is 2. The average molecular weight is 433 g/mol. The molecule has 0 radical (unpaired) electrons. The SMILES string of the molecule is CCOC(=O)c1c(NC(=O)CSc2ccccn2)sc(Cl)c1-c1ccccc1. The molecular formula is C20H17ClN2O3S2. The molecule has 0 aliphatic carbocycles. The van der Waals surface area contributed by atoms with E-state index in [0.29, 0.717) is 14.9 Å². The van der Waals surface area contributed by atoms with Gasteiger partial charge < -0.3 is 10.1 Å². The summed E-state index contributed by atoms with van der Waals surface area (Å²) in [5.41, 5.74) is 1.63. The van der Waals surface area contributed by atoms with Crippen molar-refractivity contribution in [3.63, 3.8) is 0 Å². The van der Waals surface area contributed by atoms with E-state index in [9.17, 15) is 9.59 Å². The highest BCUT2D eigenvalue weighted by Gasteiger charge is 2.26. The lowest BCUT2D eigenvalue weighted by Gasteiger charge is -2.09. The summed E-state index contributed by atoms with van der Waals surface area (Å²) in [5, 5.41) is 3.93. The van der Waals surface area contributed by atoms with Crippen molar-refractivity contribution in [2.45, 2.75) is 11.9 Å². The molecule has 0 unspecified atom stereocenters. The van der Waals surface area contributed by atoms with Gasteiger partial charge in [0, 0.05) is 11.8 Å². The van der Waals surface area contributed by atoms with Crippen LogP contribution in [0.5, 0.6) is 0 Å². The van der Waals surface area contributed by atoms with E-state index in [0.717, 1.165) is 21.9 Å². The number of carbonyl (C=O) groups excluding carboxylic acids is 2. The first-order valence-corrected chi connectivity index (χ1v) is 10.7. The average Bonchev–Trinajstić information content (AvgIpc) is 3.03. The molecule has 0 aliphatic rings. The zero-order valence-corrected chi connectivity index (χ0v) is 17.4. The van der Waals surface area contributed by atoms with Crippen molar-refractivity contribution in [2.75, 3.05) is 17.7 Å². The number of rotatable bonds is 7. The van der Waals surface area contributed by atoms with E-state index in [1.165, 1.54) is 11.8 Å². The maximum absolute atomic E-state index is 12.6. The Bertz CT molecular complexity index is 962. The minimum atomic E-state index is -0.516. The summed E-state index contributed by atoms with van der Waals surface area (Å²) in [6, 6.07) is 14.8. The lowest BCUT2D eigenvalue weighted by Crippen LogP contribution is -2.16. The molecule has 3 aromatic rings. The number of aromatic nitrogens is 1. The molecule has 0 atom stereocenters. The second-order valence-corrected chi connectivity index (χ2v) is 8.16. The monoisotopic (exact) mass is 432 g/mol. The van der Waals surface area contributed by atoms with E-state index in [2.05, 4.69) is 10.3 Å². The number of ether oxygens (including phenoxy) is 1. The predicted octanol–water partition coefficient (Wildman–Crippen LogP) is 5.37. The number of thiophene rings is 1. The van der Waals surface area contributed by atoms with Gasteiger partial charge in [0.05, 0.1) is 17.4 Å². The zero-order chi connectivity index (χ0) is 19.9. The minimum Gasteiger partial charge on any atom is -0.462 e. The maximum Gasteiger partial charge on any atom is 0.341 e. The van der Waals surface area contributed by atoms with Crippen molar-refractivity contribution in [3.05, 3.63) is 64.6 Å². The van der Waals surface area contributed by atoms with Crippen LogP contribution in [0.15, 0.2) is 59.8 Å². The third-order valence-electron chi connectivity index (χ3n) is 3.65. The van der Waals surface area contributed by atoms with Crippen LogP contribution in [0.4, 0.5) is 5.00 Å². The molecule has 0 saturated heterocycles. The van der Waals surface area contributed by atoms with Crippen molar-refractivity contribution in [1.29, 1.82) is 0 Å². The fourth-order valence-electron chi connectivity index (χ4n) is 2.49. The molecule has 28 heavy (non-hydrogen) atoms. The van der Waals surface area contributed by atoms with Gasteiger partial charge >= 0.3 is 5.97 Å². The van der Waals surface area contributed by atoms with Crippen molar-refractivity contribution < 1.29 is 14.3 Å². The van der Waals surface area contributed by atoms with Gasteiger partial charge in [-0.15, -0.1) is 11.3 Å². The molecule has 2 heterocycles. The molecule has 5 nitrogen and oxygen atoms in total. The van der Waals surface area contributed by atoms with E-state index in [4.69, 9.17) is 16.3 Å². The van der Waals surface area contributed by atoms with Gasteiger partial charge in [0.25, 0.3) is 0 Å². The largest absolute Gasteiger partial charge is 0.462 e. The molecule has 0 spiro atoms. The lowest BCUT2D eigenvalue weighted by atomic mass is 10.0. The van der Waals surface area contributed by atoms with Gasteiger partial charge in [0.1, 0.15) is 14.9 Å². The molecule has 1 amide bonds. The quantitative estimate of drug-likeness (QED) is 0.401. The molecule has 0 fully saturated rings. The van der Waals surface area contributed by atoms with Crippen LogP contribution in [0, 0.1) is 0 Å². The number of esters is 1. The van der Waals surface area contributed by atoms with E-state index < -0.39 is 5.97 Å². The topological polar surface area (TPSA) is 68.3 Å². The molecule has 144 valence electrons. The van der Waals surface area contributed by atoms with Gasteiger partial charge in [0.15, 0.2) is 0 Å². The summed E-state index contributed by atoms with van der Waals surface area (Å²) < 4.78 is 5.62. The number of nitrogens with zero attached hydrogens (tertiary/aromatic N) is 1. The van der Waals surface area contributed by atoms with Gasteiger partial charge in [-0.2, -0.15) is 0 Å². The van der Waals surface area contributed by atoms with Gasteiger partial charge in [-0.05, 0) is 24.6 Å². The number of nitrogens with one attached hydrogen (secondary N) is 1. The Morgan fingerprint density at radius 3 is 2.61 bits per heavy atom. The normalized spacial score (nSPS) is 10.5. The summed E-state index contributed by atoms with van der Waals surface area (Å²) in [7, 11) is 0. The summed E-state index contributed by atoms with van der Waals surface area (Å²) in [6.07, 6.45) is 1.67. The second kappa shape index (κ2) is 9.73. The van der Waals surface area contributed by atoms with Crippen LogP contribution >= 0.6 is 34.7 Å². The molecule has 1 aromatic carbocycles. The third-order valence-corrected chi connectivity index (χ3v) is 5.91. The molecule has 3 rings (SSSR count). The number of hydrogen-bond acceptors (Lipinski definition) is 6. The van der Waals surface area contributed by atoms with Gasteiger partial charge in [-0.3, -0.25) is 4.79 Å². The molecule has 0 saturated carbocycles. The Morgan fingerprint density at radius 1 is 1.18 bits per heavy atom. The number of halogens is 1. The van der Waals surface area contributed by atoms with Crippen molar-refractivity contribution in [2.24, 2.45) is 0 Å². The Balaban J connectivity index is 1.85. The summed E-state index contributed by atoms with van der Waals surface area (Å²) in [6.45, 7) is 1.96. The number of benzene rings is 1. The van der Waals surface area contributed by atoms with Crippen LogP contribution < -0.4 is 5.32 Å². The smallest absolute Gasteiger partial charge is 0.341 e. The molecule has 8 heteroatoms. The van der Waals surface area contributed by atoms with E-state index >= 15 is 0 Å². The van der Waals surface area contributed by atoms with Gasteiger partial charge in [-0.1, -0.05) is 59.8 Å². The van der Waals surface area contributed by atoms with Crippen molar-refractivity contribution >= 4 is 51.6 Å². The summed E-state index contributed by atoms with van der Waals surface area (Å²) >= 11 is 8.89. The Labute approximate surface area is 176 Å². The standard InChI is InChI=1S/C20H17ClN2O3S2/c1-2-26-20(25)17-16(13-8-4-3-5-9-13)18(21)28-19(17)23-14(24)12-27-15-10-6-7-11-22-15/h3-11H,2,12H2,1H3,(H,23,24). The number of amides is 1. The van der Waals surface area contributed by atoms with Crippen molar-refractivity contribution in [3.8, 4) is 11.1 Å². The van der Waals surface area contributed by atoms with E-state index in [-0.39, 0.29) is 23.8 Å². The summed E-state index contributed by atoms with van der Waals surface area (Å²) in [4.78, 5) is 29.2. The van der Waals surface area contributed by atoms with Crippen LogP contribution in [0.3, 0.4) is 0 Å². The molecule has 0 bridgehead atoms. The van der Waals surface area contributed by atoms with Crippen LogP contribution in [-0.2, 0) is 9.53 Å². The minimum absolute atomic E-state index is 0.162. The lowest BCUT2D eigenvalue weighted by molar-refractivity contribution is -0.113. The van der Waals surface area contributed by atoms with E-state index in [1.54, 1.807) is 13.1 Å². The first kappa shape index (κ1) is 20.4. The third kappa shape index (κ3) is 4.92. The Morgan fingerprint density at radius 2 is 1.93 bits per heavy atom. The molecule has 1 N–H and O–H groups in total. The predicted molar refractivity (Wildman–Crippen MR) is 114 cm³/mol. The molecule has 0 aliphatic heterocycles. The highest BCUT2D eigenvalue weighted by molar-refractivity contribution is 7.99. The molecule has 2 aromatic heterocycles. The fourth-order valence-corrected chi connectivity index (χ4v) is 4.54. The highest BCUT2D eigenvalue weighted by Crippen LogP contribution is 2.44. The van der Waals surface area contributed by atoms with Gasteiger partial charge in [0.2, 0.25) is 5.91 Å². The number of pyridine rings is 1. The number of anilines is 1. The first-order valence-electron chi connectivity index (χ1n) is 8.48. The Hall–Kier alpha value is -2.35. The Kier molecular flexibility index (Phi) is 7.08. The second-order valence-electron chi connectivity index (χ2n) is 5.55. The highest BCUT2D eigenvalue weighted by atomic mass is 35.5. The first-order chi connectivity index (χ1) is 13.6. The molecular weight excluding hydrogens is 416 g/mol. The number of thioether (sulfide) groups is 1.